The van der Waals surface area contributed by atoms with Crippen molar-refractivity contribution < 1.29 is 22.8 Å². The van der Waals surface area contributed by atoms with Crippen LogP contribution in [0.1, 0.15) is 11.3 Å². The molecule has 0 aliphatic rings. The number of nitrogens with zero attached hydrogens (tertiary/aromatic N) is 1. The van der Waals surface area contributed by atoms with Crippen LogP contribution >= 0.6 is 0 Å². The van der Waals surface area contributed by atoms with Crippen LogP contribution in [0.25, 0.3) is 6.08 Å². The maximum absolute atomic E-state index is 12.2. The van der Waals surface area contributed by atoms with Gasteiger partial charge in [0.2, 0.25) is 5.88 Å². The largest absolute Gasteiger partial charge is 0.478 e. The summed E-state index contributed by atoms with van der Waals surface area (Å²) in [6.45, 7) is 1.67. The van der Waals surface area contributed by atoms with Crippen LogP contribution in [0.3, 0.4) is 0 Å². The lowest BCUT2D eigenvalue weighted by molar-refractivity contribution is -0.131. The first kappa shape index (κ1) is 14.8. The van der Waals surface area contributed by atoms with E-state index in [0.717, 1.165) is 6.08 Å². The van der Waals surface area contributed by atoms with E-state index in [1.807, 2.05) is 0 Å². The Hall–Kier alpha value is -2.61. The van der Waals surface area contributed by atoms with Crippen molar-refractivity contribution in [2.45, 2.75) is 11.8 Å². The molecule has 2 N–H and O–H groups in total. The van der Waals surface area contributed by atoms with Gasteiger partial charge in [0, 0.05) is 12.1 Å². The van der Waals surface area contributed by atoms with Gasteiger partial charge < -0.3 is 9.63 Å². The first-order valence-electron chi connectivity index (χ1n) is 5.84. The number of anilines is 1. The molecule has 0 saturated heterocycles. The molecule has 0 unspecified atom stereocenters. The summed E-state index contributed by atoms with van der Waals surface area (Å²) in [5.74, 6) is -1.10. The number of rotatable bonds is 5. The second-order valence-electron chi connectivity index (χ2n) is 4.18. The molecular formula is C13H12N2O5S. The number of sulfonamides is 1. The van der Waals surface area contributed by atoms with Crippen molar-refractivity contribution >= 4 is 28.0 Å². The molecule has 0 fully saturated rings. The van der Waals surface area contributed by atoms with Gasteiger partial charge in [-0.2, -0.15) is 0 Å². The Kier molecular flexibility index (Phi) is 4.08. The van der Waals surface area contributed by atoms with Gasteiger partial charge in [-0.3, -0.25) is 0 Å². The highest BCUT2D eigenvalue weighted by atomic mass is 32.2. The summed E-state index contributed by atoms with van der Waals surface area (Å²) in [4.78, 5) is 10.5. The number of hydrogen-bond acceptors (Lipinski definition) is 5. The Morgan fingerprint density at radius 2 is 2.14 bits per heavy atom. The van der Waals surface area contributed by atoms with E-state index >= 15 is 0 Å². The number of carboxylic acid groups (broad SMARTS) is 1. The summed E-state index contributed by atoms with van der Waals surface area (Å²) < 4.78 is 31.4. The fourth-order valence-corrected chi connectivity index (χ4v) is 2.58. The van der Waals surface area contributed by atoms with Crippen molar-refractivity contribution in [3.05, 3.63) is 47.7 Å². The summed E-state index contributed by atoms with van der Waals surface area (Å²) in [5.41, 5.74) is 1.000. The number of carboxylic acids is 1. The molecule has 110 valence electrons. The fraction of sp³-hybridized carbons (Fsp3) is 0.0769. The lowest BCUT2D eigenvalue weighted by Crippen LogP contribution is -2.12. The highest BCUT2D eigenvalue weighted by Gasteiger charge is 2.16. The molecule has 2 rings (SSSR count). The summed E-state index contributed by atoms with van der Waals surface area (Å²) in [6.07, 6.45) is 2.24. The third-order valence-corrected chi connectivity index (χ3v) is 3.79. The van der Waals surface area contributed by atoms with Gasteiger partial charge in [-0.1, -0.05) is 17.3 Å². The number of aliphatic carboxylic acids is 1. The van der Waals surface area contributed by atoms with E-state index in [-0.39, 0.29) is 10.8 Å². The van der Waals surface area contributed by atoms with E-state index in [1.54, 1.807) is 13.0 Å². The molecule has 0 saturated carbocycles. The summed E-state index contributed by atoms with van der Waals surface area (Å²) in [7, 11) is -3.83. The molecule has 2 aromatic rings. The molecule has 21 heavy (non-hydrogen) atoms. The number of hydrogen-bond donors (Lipinski definition) is 2. The van der Waals surface area contributed by atoms with Gasteiger partial charge in [-0.15, -0.1) is 0 Å². The average molecular weight is 308 g/mol. The Balaban J connectivity index is 2.27. The monoisotopic (exact) mass is 308 g/mol. The second-order valence-corrected chi connectivity index (χ2v) is 5.86. The summed E-state index contributed by atoms with van der Waals surface area (Å²) >= 11 is 0. The molecule has 0 amide bonds. The zero-order chi connectivity index (χ0) is 15.5. The van der Waals surface area contributed by atoms with Crippen molar-refractivity contribution in [1.29, 1.82) is 0 Å². The van der Waals surface area contributed by atoms with Crippen molar-refractivity contribution in [3.8, 4) is 0 Å². The molecule has 0 aliphatic heterocycles. The highest BCUT2D eigenvalue weighted by molar-refractivity contribution is 7.92. The number of carbonyl (C=O) groups is 1. The topological polar surface area (TPSA) is 110 Å². The van der Waals surface area contributed by atoms with E-state index in [4.69, 9.17) is 9.63 Å². The molecule has 0 spiro atoms. The van der Waals surface area contributed by atoms with Crippen LogP contribution in [0, 0.1) is 6.92 Å². The number of aromatic nitrogens is 1. The number of nitrogens with one attached hydrogen (secondary N) is 1. The molecule has 8 heteroatoms. The SMILES string of the molecule is Cc1cc(NS(=O)(=O)c2cccc(C=CC(=O)O)c2)on1. The highest BCUT2D eigenvalue weighted by Crippen LogP contribution is 2.18. The molecule has 0 atom stereocenters. The number of benzene rings is 1. The van der Waals surface area contributed by atoms with Crippen LogP contribution in [0.4, 0.5) is 5.88 Å². The molecular weight excluding hydrogens is 296 g/mol. The zero-order valence-corrected chi connectivity index (χ0v) is 11.8. The van der Waals surface area contributed by atoms with Gasteiger partial charge in [0.05, 0.1) is 10.6 Å². The van der Waals surface area contributed by atoms with Crippen LogP contribution in [0.15, 0.2) is 45.8 Å². The first-order valence-corrected chi connectivity index (χ1v) is 7.32. The van der Waals surface area contributed by atoms with Crippen LogP contribution in [0.2, 0.25) is 0 Å². The molecule has 1 aromatic heterocycles. The van der Waals surface area contributed by atoms with Crippen molar-refractivity contribution in [1.82, 2.24) is 5.16 Å². The molecule has 1 heterocycles. The summed E-state index contributed by atoms with van der Waals surface area (Å²) in [6, 6.07) is 7.30. The predicted molar refractivity (Wildman–Crippen MR) is 75.2 cm³/mol. The molecule has 0 aliphatic carbocycles. The smallest absolute Gasteiger partial charge is 0.328 e. The van der Waals surface area contributed by atoms with Crippen molar-refractivity contribution in [2.24, 2.45) is 0 Å². The lowest BCUT2D eigenvalue weighted by atomic mass is 10.2. The van der Waals surface area contributed by atoms with Gasteiger partial charge in [-0.05, 0) is 30.7 Å². The van der Waals surface area contributed by atoms with Gasteiger partial charge in [0.15, 0.2) is 0 Å². The van der Waals surface area contributed by atoms with Crippen LogP contribution in [-0.2, 0) is 14.8 Å². The fourth-order valence-electron chi connectivity index (χ4n) is 1.56. The zero-order valence-electron chi connectivity index (χ0n) is 11.0. The Morgan fingerprint density at radius 1 is 1.38 bits per heavy atom. The molecule has 7 nitrogen and oxygen atoms in total. The van der Waals surface area contributed by atoms with E-state index in [1.165, 1.54) is 30.3 Å². The molecule has 0 radical (unpaired) electrons. The predicted octanol–water partition coefficient (Wildman–Crippen LogP) is 1.88. The Bertz CT molecular complexity index is 792. The quantitative estimate of drug-likeness (QED) is 0.816. The minimum Gasteiger partial charge on any atom is -0.478 e. The first-order chi connectivity index (χ1) is 9.87. The Labute approximate surface area is 120 Å². The second kappa shape index (κ2) is 5.80. The Morgan fingerprint density at radius 3 is 2.76 bits per heavy atom. The summed E-state index contributed by atoms with van der Waals surface area (Å²) in [5, 5.41) is 12.1. The minimum atomic E-state index is -3.83. The standard InChI is InChI=1S/C13H12N2O5S/c1-9-7-12(20-14-9)15-21(18,19)11-4-2-3-10(8-11)5-6-13(16)17/h2-8,15H,1H3,(H,16,17). The van der Waals surface area contributed by atoms with Gasteiger partial charge in [0.1, 0.15) is 0 Å². The third kappa shape index (κ3) is 3.93. The third-order valence-electron chi connectivity index (χ3n) is 2.45. The molecule has 0 bridgehead atoms. The van der Waals surface area contributed by atoms with Crippen LogP contribution < -0.4 is 4.72 Å². The maximum Gasteiger partial charge on any atom is 0.328 e. The normalized spacial score (nSPS) is 11.7. The van der Waals surface area contributed by atoms with Gasteiger partial charge in [0.25, 0.3) is 10.0 Å². The van der Waals surface area contributed by atoms with Crippen LogP contribution in [-0.4, -0.2) is 24.7 Å². The average Bonchev–Trinajstić information content (AvgIpc) is 2.81. The van der Waals surface area contributed by atoms with Crippen molar-refractivity contribution in [3.63, 3.8) is 0 Å². The lowest BCUT2D eigenvalue weighted by Gasteiger charge is -2.05. The maximum atomic E-state index is 12.2. The minimum absolute atomic E-state index is 0.0101. The van der Waals surface area contributed by atoms with E-state index in [9.17, 15) is 13.2 Å². The molecule has 1 aromatic carbocycles. The van der Waals surface area contributed by atoms with E-state index < -0.39 is 16.0 Å². The number of aryl methyl sites for hydroxylation is 1. The van der Waals surface area contributed by atoms with E-state index in [2.05, 4.69) is 9.88 Å². The van der Waals surface area contributed by atoms with E-state index in [0.29, 0.717) is 11.3 Å². The van der Waals surface area contributed by atoms with Crippen LogP contribution in [0.5, 0.6) is 0 Å². The van der Waals surface area contributed by atoms with Crippen molar-refractivity contribution in [2.75, 3.05) is 4.72 Å². The van der Waals surface area contributed by atoms with Gasteiger partial charge >= 0.3 is 5.97 Å². The van der Waals surface area contributed by atoms with Gasteiger partial charge in [-0.25, -0.2) is 17.9 Å².